The van der Waals surface area contributed by atoms with Gasteiger partial charge in [-0.2, -0.15) is 0 Å². The van der Waals surface area contributed by atoms with E-state index in [1.807, 2.05) is 0 Å². The van der Waals surface area contributed by atoms with Crippen LogP contribution in [0.25, 0.3) is 0 Å². The number of thiazole rings is 1. The van der Waals surface area contributed by atoms with Crippen molar-refractivity contribution >= 4 is 16.5 Å². The maximum atomic E-state index is 13.8. The minimum Gasteiger partial charge on any atom is -0.375 e. The highest BCUT2D eigenvalue weighted by Gasteiger charge is 2.33. The number of hydrogen-bond donors (Lipinski definition) is 1. The molecule has 2 nitrogen and oxygen atoms in total. The van der Waals surface area contributed by atoms with Crippen molar-refractivity contribution in [2.24, 2.45) is 0 Å². The van der Waals surface area contributed by atoms with Gasteiger partial charge in [0.15, 0.2) is 5.13 Å². The molecule has 0 bridgehead atoms. The molecule has 1 aromatic heterocycles. The van der Waals surface area contributed by atoms with Crippen LogP contribution in [0, 0.1) is 0 Å². The summed E-state index contributed by atoms with van der Waals surface area (Å²) in [5.74, 6) is 0.864. The molecule has 96 valence electrons. The second kappa shape index (κ2) is 4.56. The summed E-state index contributed by atoms with van der Waals surface area (Å²) in [5, 5.41) is 0.650. The highest BCUT2D eigenvalue weighted by molar-refractivity contribution is 7.15. The van der Waals surface area contributed by atoms with E-state index in [0.717, 1.165) is 18.5 Å². The Morgan fingerprint density at radius 1 is 1.41 bits per heavy atom. The molecule has 1 aliphatic carbocycles. The number of anilines is 1. The van der Waals surface area contributed by atoms with E-state index in [2.05, 4.69) is 18.8 Å². The molecule has 0 aromatic carbocycles. The molecule has 0 spiro atoms. The predicted molar refractivity (Wildman–Crippen MR) is 71.3 cm³/mol. The fraction of sp³-hybridized carbons (Fsp3) is 0.769. The Balaban J connectivity index is 2.18. The molecule has 1 heterocycles. The molecule has 2 rings (SSSR count). The second-order valence-electron chi connectivity index (χ2n) is 5.64. The van der Waals surface area contributed by atoms with E-state index in [-0.39, 0.29) is 0 Å². The lowest BCUT2D eigenvalue weighted by molar-refractivity contribution is 0.119. The summed E-state index contributed by atoms with van der Waals surface area (Å²) in [7, 11) is 0. The quantitative estimate of drug-likeness (QED) is 0.859. The molecule has 1 aromatic rings. The molecular formula is C13H21FN2S. The zero-order chi connectivity index (χ0) is 12.6. The first-order chi connectivity index (χ1) is 7.89. The fourth-order valence-electron chi connectivity index (χ4n) is 2.56. The number of nitrogens with zero attached hydrogens (tertiary/aromatic N) is 1. The first kappa shape index (κ1) is 12.8. The Labute approximate surface area is 106 Å². The number of nitrogens with two attached hydrogens (primary N) is 1. The molecule has 1 fully saturated rings. The molecule has 0 radical (unpaired) electrons. The van der Waals surface area contributed by atoms with Crippen molar-refractivity contribution in [1.82, 2.24) is 4.98 Å². The summed E-state index contributed by atoms with van der Waals surface area (Å²) >= 11 is 1.59. The SMILES string of the molecule is CC(C)c1sc(N)nc1C1CCC(C)(F)CC1. The van der Waals surface area contributed by atoms with Gasteiger partial charge in [-0.05, 0) is 38.5 Å². The molecule has 0 atom stereocenters. The zero-order valence-corrected chi connectivity index (χ0v) is 11.6. The van der Waals surface area contributed by atoms with Crippen molar-refractivity contribution in [1.29, 1.82) is 0 Å². The molecule has 17 heavy (non-hydrogen) atoms. The van der Waals surface area contributed by atoms with Crippen molar-refractivity contribution in [2.45, 2.75) is 64.0 Å². The van der Waals surface area contributed by atoms with Crippen LogP contribution in [-0.4, -0.2) is 10.7 Å². The third kappa shape index (κ3) is 2.79. The molecule has 1 saturated carbocycles. The van der Waals surface area contributed by atoms with Crippen LogP contribution in [0.15, 0.2) is 0 Å². The molecule has 0 aliphatic heterocycles. The van der Waals surface area contributed by atoms with Gasteiger partial charge < -0.3 is 5.73 Å². The zero-order valence-electron chi connectivity index (χ0n) is 10.8. The Morgan fingerprint density at radius 2 is 2.00 bits per heavy atom. The van der Waals surface area contributed by atoms with Crippen molar-refractivity contribution < 1.29 is 4.39 Å². The van der Waals surface area contributed by atoms with E-state index < -0.39 is 5.67 Å². The summed E-state index contributed by atoms with van der Waals surface area (Å²) in [5.41, 5.74) is 5.97. The molecule has 4 heteroatoms. The van der Waals surface area contributed by atoms with Crippen LogP contribution in [0.4, 0.5) is 9.52 Å². The van der Waals surface area contributed by atoms with E-state index in [1.165, 1.54) is 4.88 Å². The second-order valence-corrected chi connectivity index (χ2v) is 6.71. The molecular weight excluding hydrogens is 235 g/mol. The van der Waals surface area contributed by atoms with E-state index in [0.29, 0.717) is 29.8 Å². The number of alkyl halides is 1. The summed E-state index contributed by atoms with van der Waals surface area (Å²) in [6.07, 6.45) is 3.09. The molecule has 2 N–H and O–H groups in total. The van der Waals surface area contributed by atoms with Gasteiger partial charge in [-0.15, -0.1) is 11.3 Å². The number of aromatic nitrogens is 1. The van der Waals surface area contributed by atoms with Crippen LogP contribution in [0.1, 0.15) is 68.9 Å². The lowest BCUT2D eigenvalue weighted by Gasteiger charge is -2.31. The lowest BCUT2D eigenvalue weighted by atomic mass is 9.79. The van der Waals surface area contributed by atoms with Gasteiger partial charge in [-0.25, -0.2) is 9.37 Å². The normalized spacial score (nSPS) is 29.8. The number of nitrogen functional groups attached to an aromatic ring is 1. The Morgan fingerprint density at radius 3 is 2.53 bits per heavy atom. The molecule has 0 amide bonds. The van der Waals surface area contributed by atoms with Gasteiger partial charge in [-0.1, -0.05) is 13.8 Å². The third-order valence-corrected chi connectivity index (χ3v) is 4.84. The van der Waals surface area contributed by atoms with Crippen LogP contribution in [0.3, 0.4) is 0 Å². The smallest absolute Gasteiger partial charge is 0.180 e. The van der Waals surface area contributed by atoms with Crippen molar-refractivity contribution in [3.8, 4) is 0 Å². The number of hydrogen-bond acceptors (Lipinski definition) is 3. The summed E-state index contributed by atoms with van der Waals surface area (Å²) < 4.78 is 13.8. The van der Waals surface area contributed by atoms with Crippen molar-refractivity contribution in [3.63, 3.8) is 0 Å². The van der Waals surface area contributed by atoms with Crippen LogP contribution >= 0.6 is 11.3 Å². The Hall–Kier alpha value is -0.640. The average Bonchev–Trinajstić information content (AvgIpc) is 2.60. The van der Waals surface area contributed by atoms with Gasteiger partial charge in [0.2, 0.25) is 0 Å². The number of halogens is 1. The lowest BCUT2D eigenvalue weighted by Crippen LogP contribution is -2.25. The van der Waals surface area contributed by atoms with Gasteiger partial charge in [0, 0.05) is 10.8 Å². The van der Waals surface area contributed by atoms with E-state index in [4.69, 9.17) is 5.73 Å². The van der Waals surface area contributed by atoms with Crippen LogP contribution in [0.2, 0.25) is 0 Å². The molecule has 0 unspecified atom stereocenters. The summed E-state index contributed by atoms with van der Waals surface area (Å²) in [6.45, 7) is 6.04. The number of rotatable bonds is 2. The maximum absolute atomic E-state index is 13.8. The van der Waals surface area contributed by atoms with Gasteiger partial charge in [0.1, 0.15) is 5.67 Å². The largest absolute Gasteiger partial charge is 0.375 e. The monoisotopic (exact) mass is 256 g/mol. The van der Waals surface area contributed by atoms with Gasteiger partial charge in [0.05, 0.1) is 5.69 Å². The Kier molecular flexibility index (Phi) is 3.43. The van der Waals surface area contributed by atoms with Crippen molar-refractivity contribution in [3.05, 3.63) is 10.6 Å². The molecule has 0 saturated heterocycles. The van der Waals surface area contributed by atoms with E-state index >= 15 is 0 Å². The Bertz CT molecular complexity index is 388. The standard InChI is InChI=1S/C13H21FN2S/c1-8(2)11-10(16-12(15)17-11)9-4-6-13(3,14)7-5-9/h8-9H,4-7H2,1-3H3,(H2,15,16). The minimum atomic E-state index is -0.976. The highest BCUT2D eigenvalue weighted by Crippen LogP contribution is 2.43. The first-order valence-corrected chi connectivity index (χ1v) is 7.16. The predicted octanol–water partition coefficient (Wildman–Crippen LogP) is 4.23. The first-order valence-electron chi connectivity index (χ1n) is 6.34. The summed E-state index contributed by atoms with van der Waals surface area (Å²) in [4.78, 5) is 5.76. The minimum absolute atomic E-state index is 0.407. The highest BCUT2D eigenvalue weighted by atomic mass is 32.1. The summed E-state index contributed by atoms with van der Waals surface area (Å²) in [6, 6.07) is 0. The van der Waals surface area contributed by atoms with Gasteiger partial charge >= 0.3 is 0 Å². The van der Waals surface area contributed by atoms with Gasteiger partial charge in [-0.3, -0.25) is 0 Å². The van der Waals surface area contributed by atoms with Crippen LogP contribution in [0.5, 0.6) is 0 Å². The van der Waals surface area contributed by atoms with Crippen molar-refractivity contribution in [2.75, 3.05) is 5.73 Å². The van der Waals surface area contributed by atoms with E-state index in [9.17, 15) is 4.39 Å². The van der Waals surface area contributed by atoms with Gasteiger partial charge in [0.25, 0.3) is 0 Å². The average molecular weight is 256 g/mol. The maximum Gasteiger partial charge on any atom is 0.180 e. The van der Waals surface area contributed by atoms with E-state index in [1.54, 1.807) is 18.3 Å². The third-order valence-electron chi connectivity index (χ3n) is 3.64. The topological polar surface area (TPSA) is 38.9 Å². The van der Waals surface area contributed by atoms with Crippen LogP contribution in [-0.2, 0) is 0 Å². The fourth-order valence-corrected chi connectivity index (χ4v) is 3.48. The molecule has 1 aliphatic rings. The van der Waals surface area contributed by atoms with Crippen LogP contribution < -0.4 is 5.73 Å².